The number of carbonyl (C=O) groups is 1. The number of fused-ring (bicyclic) bond motifs is 1. The van der Waals surface area contributed by atoms with Gasteiger partial charge in [0.1, 0.15) is 5.82 Å². The van der Waals surface area contributed by atoms with E-state index in [1.807, 2.05) is 0 Å². The summed E-state index contributed by atoms with van der Waals surface area (Å²) in [4.78, 5) is 15.1. The first kappa shape index (κ1) is 21.0. The van der Waals surface area contributed by atoms with Crippen molar-refractivity contribution in [1.82, 2.24) is 19.0 Å². The monoisotopic (exact) mass is 434 g/mol. The number of nitrogens with zero attached hydrogens (tertiary/aromatic N) is 4. The quantitative estimate of drug-likeness (QED) is 0.741. The minimum Gasteiger partial charge on any atom is -0.337 e. The predicted molar refractivity (Wildman–Crippen MR) is 112 cm³/mol. The van der Waals surface area contributed by atoms with Crippen LogP contribution in [0.1, 0.15) is 47.4 Å². The average Bonchev–Trinajstić information content (AvgIpc) is 3.12. The summed E-state index contributed by atoms with van der Waals surface area (Å²) in [6, 6.07) is 6.07. The van der Waals surface area contributed by atoms with E-state index < -0.39 is 10.0 Å². The van der Waals surface area contributed by atoms with E-state index in [-0.39, 0.29) is 17.8 Å². The summed E-state index contributed by atoms with van der Waals surface area (Å²) in [7, 11) is -1.65. The molecule has 30 heavy (non-hydrogen) atoms. The number of aromatic nitrogens is 2. The number of likely N-dealkylation sites (tertiary alicyclic amines) is 1. The van der Waals surface area contributed by atoms with E-state index in [9.17, 15) is 17.6 Å². The SMILES string of the molecule is CN(C1CCN(C(=O)c2nn(-c3ccc(F)cc3)c3c2CCCC3)CC1)S(C)(=O)=O. The molecule has 1 aromatic carbocycles. The molecule has 0 radical (unpaired) electrons. The molecule has 162 valence electrons. The summed E-state index contributed by atoms with van der Waals surface area (Å²) in [5.41, 5.74) is 3.25. The lowest BCUT2D eigenvalue weighted by Gasteiger charge is -2.35. The number of rotatable bonds is 4. The zero-order valence-corrected chi connectivity index (χ0v) is 18.2. The van der Waals surface area contributed by atoms with Gasteiger partial charge in [-0.05, 0) is 62.8 Å². The normalized spacial score (nSPS) is 17.9. The number of amides is 1. The predicted octanol–water partition coefficient (Wildman–Crippen LogP) is 2.39. The second-order valence-corrected chi connectivity index (χ2v) is 10.2. The molecule has 0 unspecified atom stereocenters. The van der Waals surface area contributed by atoms with Crippen molar-refractivity contribution in [1.29, 1.82) is 0 Å². The molecule has 7 nitrogen and oxygen atoms in total. The molecular weight excluding hydrogens is 407 g/mol. The molecule has 2 aliphatic rings. The van der Waals surface area contributed by atoms with Gasteiger partial charge in [-0.3, -0.25) is 4.79 Å². The van der Waals surface area contributed by atoms with Crippen molar-refractivity contribution in [3.05, 3.63) is 47.0 Å². The zero-order chi connectivity index (χ0) is 21.5. The first-order valence-electron chi connectivity index (χ1n) is 10.3. The van der Waals surface area contributed by atoms with Crippen LogP contribution in [0.2, 0.25) is 0 Å². The van der Waals surface area contributed by atoms with Crippen molar-refractivity contribution in [3.63, 3.8) is 0 Å². The number of halogens is 1. The van der Waals surface area contributed by atoms with Crippen molar-refractivity contribution >= 4 is 15.9 Å². The van der Waals surface area contributed by atoms with Crippen LogP contribution in [0.4, 0.5) is 4.39 Å². The van der Waals surface area contributed by atoms with Crippen molar-refractivity contribution in [2.45, 2.75) is 44.6 Å². The van der Waals surface area contributed by atoms with E-state index in [0.717, 1.165) is 42.6 Å². The van der Waals surface area contributed by atoms with Gasteiger partial charge >= 0.3 is 0 Å². The van der Waals surface area contributed by atoms with Crippen molar-refractivity contribution in [2.24, 2.45) is 0 Å². The molecule has 0 bridgehead atoms. The van der Waals surface area contributed by atoms with Crippen LogP contribution >= 0.6 is 0 Å². The number of hydrogen-bond acceptors (Lipinski definition) is 4. The van der Waals surface area contributed by atoms with Crippen molar-refractivity contribution < 1.29 is 17.6 Å². The molecule has 1 aliphatic heterocycles. The summed E-state index contributed by atoms with van der Waals surface area (Å²) in [5.74, 6) is -0.410. The molecule has 2 heterocycles. The molecule has 1 amide bonds. The summed E-state index contributed by atoms with van der Waals surface area (Å²) in [5, 5.41) is 4.66. The lowest BCUT2D eigenvalue weighted by Crippen LogP contribution is -2.47. The van der Waals surface area contributed by atoms with Crippen molar-refractivity contribution in [3.8, 4) is 5.69 Å². The lowest BCUT2D eigenvalue weighted by molar-refractivity contribution is 0.0678. The van der Waals surface area contributed by atoms with Crippen LogP contribution in [-0.4, -0.2) is 65.7 Å². The Bertz CT molecular complexity index is 1040. The van der Waals surface area contributed by atoms with E-state index in [4.69, 9.17) is 0 Å². The second kappa shape index (κ2) is 8.11. The average molecular weight is 435 g/mol. The molecular formula is C21H27FN4O3S. The van der Waals surface area contributed by atoms with Gasteiger partial charge in [-0.1, -0.05) is 0 Å². The Morgan fingerprint density at radius 1 is 1.13 bits per heavy atom. The molecule has 1 fully saturated rings. The topological polar surface area (TPSA) is 75.5 Å². The first-order chi connectivity index (χ1) is 14.3. The van der Waals surface area contributed by atoms with Gasteiger partial charge < -0.3 is 4.90 Å². The van der Waals surface area contributed by atoms with Crippen LogP contribution in [0.25, 0.3) is 5.69 Å². The van der Waals surface area contributed by atoms with Crippen LogP contribution in [0, 0.1) is 5.82 Å². The molecule has 0 atom stereocenters. The second-order valence-electron chi connectivity index (χ2n) is 8.17. The van der Waals surface area contributed by atoms with E-state index in [0.29, 0.717) is 31.6 Å². The highest BCUT2D eigenvalue weighted by Gasteiger charge is 2.33. The summed E-state index contributed by atoms with van der Waals surface area (Å²) in [6.07, 6.45) is 6.13. The Morgan fingerprint density at radius 3 is 2.40 bits per heavy atom. The Kier molecular flexibility index (Phi) is 5.67. The first-order valence-corrected chi connectivity index (χ1v) is 12.2. The molecule has 1 aliphatic carbocycles. The Hall–Kier alpha value is -2.26. The minimum atomic E-state index is -3.25. The van der Waals surface area contributed by atoms with Crippen LogP contribution < -0.4 is 0 Å². The van der Waals surface area contributed by atoms with E-state index in [1.54, 1.807) is 28.8 Å². The van der Waals surface area contributed by atoms with Gasteiger partial charge in [0.15, 0.2) is 5.69 Å². The number of carbonyl (C=O) groups excluding carboxylic acids is 1. The van der Waals surface area contributed by atoms with Crippen molar-refractivity contribution in [2.75, 3.05) is 26.4 Å². The highest BCUT2D eigenvalue weighted by molar-refractivity contribution is 7.88. The standard InChI is InChI=1S/C21H27FN4O3S/c1-24(30(2,28)29)16-11-13-25(14-12-16)21(27)20-18-5-3-4-6-19(18)26(23-20)17-9-7-15(22)8-10-17/h7-10,16H,3-6,11-14H2,1-2H3. The van der Waals surface area contributed by atoms with Crippen LogP contribution in [-0.2, 0) is 22.9 Å². The van der Waals surface area contributed by atoms with Gasteiger partial charge in [-0.25, -0.2) is 21.8 Å². The van der Waals surface area contributed by atoms with Gasteiger partial charge in [-0.15, -0.1) is 0 Å². The highest BCUT2D eigenvalue weighted by atomic mass is 32.2. The molecule has 1 aromatic heterocycles. The highest BCUT2D eigenvalue weighted by Crippen LogP contribution is 2.29. The molecule has 4 rings (SSSR count). The molecule has 0 N–H and O–H groups in total. The number of piperidine rings is 1. The van der Waals surface area contributed by atoms with Gasteiger partial charge in [0.2, 0.25) is 10.0 Å². The van der Waals surface area contributed by atoms with Crippen LogP contribution in [0.3, 0.4) is 0 Å². The number of hydrogen-bond donors (Lipinski definition) is 0. The third-order valence-corrected chi connectivity index (χ3v) is 7.59. The van der Waals surface area contributed by atoms with Gasteiger partial charge in [0, 0.05) is 37.4 Å². The zero-order valence-electron chi connectivity index (χ0n) is 17.3. The fourth-order valence-corrected chi connectivity index (χ4v) is 5.17. The maximum Gasteiger partial charge on any atom is 0.274 e. The van der Waals surface area contributed by atoms with Crippen LogP contribution in [0.15, 0.2) is 24.3 Å². The fourth-order valence-electron chi connectivity index (χ4n) is 4.42. The van der Waals surface area contributed by atoms with Crippen LogP contribution in [0.5, 0.6) is 0 Å². The van der Waals surface area contributed by atoms with E-state index >= 15 is 0 Å². The van der Waals surface area contributed by atoms with Gasteiger partial charge in [0.25, 0.3) is 5.91 Å². The summed E-state index contributed by atoms with van der Waals surface area (Å²) >= 11 is 0. The third kappa shape index (κ3) is 4.00. The smallest absolute Gasteiger partial charge is 0.274 e. The summed E-state index contributed by atoms with van der Waals surface area (Å²) < 4.78 is 40.1. The summed E-state index contributed by atoms with van der Waals surface area (Å²) in [6.45, 7) is 1.00. The lowest BCUT2D eigenvalue weighted by atomic mass is 9.95. The Labute approximate surface area is 176 Å². The van der Waals surface area contributed by atoms with E-state index in [2.05, 4.69) is 5.10 Å². The van der Waals surface area contributed by atoms with E-state index in [1.165, 1.54) is 22.7 Å². The fraction of sp³-hybridized carbons (Fsp3) is 0.524. The number of sulfonamides is 1. The molecule has 0 spiro atoms. The van der Waals surface area contributed by atoms with Gasteiger partial charge in [-0.2, -0.15) is 5.10 Å². The molecule has 1 saturated heterocycles. The minimum absolute atomic E-state index is 0.0882. The van der Waals surface area contributed by atoms with Gasteiger partial charge in [0.05, 0.1) is 11.9 Å². The Balaban J connectivity index is 1.57. The maximum absolute atomic E-state index is 13.3. The molecule has 2 aromatic rings. The Morgan fingerprint density at radius 2 is 1.77 bits per heavy atom. The number of benzene rings is 1. The maximum atomic E-state index is 13.3. The third-order valence-electron chi connectivity index (χ3n) is 6.24. The molecule has 9 heteroatoms. The molecule has 0 saturated carbocycles. The largest absolute Gasteiger partial charge is 0.337 e.